The normalized spacial score (nSPS) is 23.8. The summed E-state index contributed by atoms with van der Waals surface area (Å²) in [5.41, 5.74) is 3.28. The molecule has 2 atom stereocenters. The van der Waals surface area contributed by atoms with Crippen molar-refractivity contribution in [2.24, 2.45) is 0 Å². The molecule has 0 unspecified atom stereocenters. The number of thioether (sulfide) groups is 1. The van der Waals surface area contributed by atoms with Gasteiger partial charge in [0.05, 0.1) is 6.20 Å². The van der Waals surface area contributed by atoms with Gasteiger partial charge in [0.2, 0.25) is 5.44 Å². The molecule has 0 aliphatic carbocycles. The van der Waals surface area contributed by atoms with E-state index in [1.54, 1.807) is 0 Å². The number of hydrogen-bond acceptors (Lipinski definition) is 6. The zero-order valence-corrected chi connectivity index (χ0v) is 9.19. The molecule has 0 saturated carbocycles. The van der Waals surface area contributed by atoms with E-state index in [4.69, 9.17) is 15.6 Å². The van der Waals surface area contributed by atoms with Gasteiger partial charge >= 0.3 is 11.7 Å². The van der Waals surface area contributed by atoms with Crippen LogP contribution in [0.5, 0.6) is 0 Å². The molecular formula is C8H8FN3O4S. The fraction of sp³-hybridized carbons (Fsp3) is 0.375. The van der Waals surface area contributed by atoms with E-state index in [2.05, 4.69) is 4.98 Å². The molecule has 1 aliphatic heterocycles. The summed E-state index contributed by atoms with van der Waals surface area (Å²) in [4.78, 5) is 25.3. The molecule has 3 N–H and O–H groups in total. The molecule has 17 heavy (non-hydrogen) atoms. The maximum Gasteiger partial charge on any atom is 0.351 e. The SMILES string of the molecule is Nc1[15n][13c](=O)[15n]([C@@H]2CS[C@H](C(=O)O)O2)cc1F. The van der Waals surface area contributed by atoms with Crippen LogP contribution in [0.1, 0.15) is 6.23 Å². The number of carboxylic acids is 1. The Bertz CT molecular complexity index is 520. The zero-order chi connectivity index (χ0) is 12.6. The van der Waals surface area contributed by atoms with Crippen molar-refractivity contribution in [3.05, 3.63) is 22.5 Å². The molecule has 1 fully saturated rings. The molecule has 0 bridgehead atoms. The number of aliphatic carboxylic acids is 1. The number of anilines is 1. The second kappa shape index (κ2) is 4.34. The van der Waals surface area contributed by atoms with Gasteiger partial charge in [0.1, 0.15) is 6.23 Å². The first-order chi connectivity index (χ1) is 7.99. The number of aromatic nitrogens is 2. The summed E-state index contributed by atoms with van der Waals surface area (Å²) in [6.07, 6.45) is 0.0105. The highest BCUT2D eigenvalue weighted by Crippen LogP contribution is 2.31. The molecule has 92 valence electrons. The summed E-state index contributed by atoms with van der Waals surface area (Å²) < 4.78 is 19.1. The minimum absolute atomic E-state index is 0.224. The van der Waals surface area contributed by atoms with Crippen molar-refractivity contribution in [2.45, 2.75) is 11.7 Å². The molecule has 1 aromatic heterocycles. The number of hydrogen-bond donors (Lipinski definition) is 2. The predicted molar refractivity (Wildman–Crippen MR) is 56.9 cm³/mol. The fourth-order valence-corrected chi connectivity index (χ4v) is 2.26. The Kier molecular flexibility index (Phi) is 3.03. The molecule has 2 heterocycles. The van der Waals surface area contributed by atoms with Gasteiger partial charge in [-0.05, 0) is 0 Å². The molecule has 0 spiro atoms. The monoisotopic (exact) mass is 264 g/mol. The number of carbonyl (C=O) groups is 1. The van der Waals surface area contributed by atoms with Gasteiger partial charge in [0.15, 0.2) is 11.6 Å². The first-order valence-corrected chi connectivity index (χ1v) is 5.58. The third-order valence-corrected chi connectivity index (χ3v) is 3.21. The van der Waals surface area contributed by atoms with Crippen LogP contribution < -0.4 is 11.4 Å². The predicted octanol–water partition coefficient (Wildman–Crippen LogP) is -0.363. The van der Waals surface area contributed by atoms with Crippen molar-refractivity contribution in [3.8, 4) is 0 Å². The molecule has 1 aliphatic rings. The highest BCUT2D eigenvalue weighted by Gasteiger charge is 2.33. The van der Waals surface area contributed by atoms with E-state index in [-0.39, 0.29) is 5.75 Å². The van der Waals surface area contributed by atoms with Gasteiger partial charge in [0.25, 0.3) is 0 Å². The van der Waals surface area contributed by atoms with Crippen molar-refractivity contribution in [3.63, 3.8) is 0 Å². The molecule has 2 rings (SSSR count). The van der Waals surface area contributed by atoms with Crippen LogP contribution in [0.4, 0.5) is 10.2 Å². The zero-order valence-electron chi connectivity index (χ0n) is 8.37. The smallest absolute Gasteiger partial charge is 0.351 e. The summed E-state index contributed by atoms with van der Waals surface area (Å²) in [5, 5.41) is 8.70. The van der Waals surface area contributed by atoms with Crippen molar-refractivity contribution < 1.29 is 19.0 Å². The molecule has 0 radical (unpaired) electrons. The van der Waals surface area contributed by atoms with E-state index in [1.165, 1.54) is 0 Å². The lowest BCUT2D eigenvalue weighted by Gasteiger charge is -2.12. The number of carboxylic acid groups (broad SMARTS) is 1. The first-order valence-electron chi connectivity index (χ1n) is 4.53. The van der Waals surface area contributed by atoms with Crippen LogP contribution in [0.25, 0.3) is 0 Å². The van der Waals surface area contributed by atoms with Crippen molar-refractivity contribution >= 4 is 23.5 Å². The topological polar surface area (TPSA) is 107 Å². The van der Waals surface area contributed by atoms with Gasteiger partial charge in [-0.25, -0.2) is 14.0 Å². The minimum Gasteiger partial charge on any atom is -0.479 e. The Hall–Kier alpha value is -1.61. The minimum atomic E-state index is -1.14. The number of nitrogens with two attached hydrogens (primary N) is 1. The average Bonchev–Trinajstić information content (AvgIpc) is 2.72. The molecule has 1 saturated heterocycles. The van der Waals surface area contributed by atoms with Gasteiger partial charge in [-0.2, -0.15) is 4.98 Å². The highest BCUT2D eigenvalue weighted by atomic mass is 32.2. The van der Waals surface area contributed by atoms with Crippen LogP contribution in [0, 0.1) is 5.82 Å². The maximum absolute atomic E-state index is 13.1. The Morgan fingerprint density at radius 3 is 3.06 bits per heavy atom. The van der Waals surface area contributed by atoms with E-state index in [1.807, 2.05) is 0 Å². The van der Waals surface area contributed by atoms with E-state index in [0.29, 0.717) is 0 Å². The Balaban J connectivity index is 2.28. The third-order valence-electron chi connectivity index (χ3n) is 2.12. The molecule has 0 aromatic carbocycles. The number of rotatable bonds is 2. The molecule has 1 aromatic rings. The molecule has 7 nitrogen and oxygen atoms in total. The number of ether oxygens (including phenoxy) is 1. The van der Waals surface area contributed by atoms with E-state index >= 15 is 0 Å². The van der Waals surface area contributed by atoms with Gasteiger partial charge in [-0.1, -0.05) is 0 Å². The highest BCUT2D eigenvalue weighted by molar-refractivity contribution is 8.00. The van der Waals surface area contributed by atoms with Crippen molar-refractivity contribution in [2.75, 3.05) is 11.5 Å². The van der Waals surface area contributed by atoms with Crippen LogP contribution in [0.15, 0.2) is 11.0 Å². The second-order valence-corrected chi connectivity index (χ2v) is 4.35. The van der Waals surface area contributed by atoms with Crippen LogP contribution in [0.2, 0.25) is 0 Å². The van der Waals surface area contributed by atoms with Gasteiger partial charge in [-0.3, -0.25) is 4.57 Å². The van der Waals surface area contributed by atoms with Crippen LogP contribution >= 0.6 is 11.8 Å². The van der Waals surface area contributed by atoms with Gasteiger partial charge in [-0.15, -0.1) is 11.8 Å². The Labute approximate surface area is 98.4 Å². The standard InChI is InChI=1S/C8H8FN3O4S/c9-3-1-12(8(15)11-5(3)10)4-2-17-7(16-4)6(13)14/h1,4,7H,2H2,(H,13,14)(H2,10,11,15)/t4-,7+/m0/s1/i8+1,11+1,12+1. The fourth-order valence-electron chi connectivity index (χ4n) is 1.33. The average molecular weight is 264 g/mol. The summed E-state index contributed by atoms with van der Waals surface area (Å²) in [6.45, 7) is 0. The van der Waals surface area contributed by atoms with Crippen LogP contribution in [0.3, 0.4) is 0 Å². The first kappa shape index (κ1) is 11.9. The molecule has 0 amide bonds. The molecule has 9 heteroatoms. The van der Waals surface area contributed by atoms with E-state index in [9.17, 15) is 14.0 Å². The lowest BCUT2D eigenvalue weighted by Crippen LogP contribution is -2.30. The summed E-state index contributed by atoms with van der Waals surface area (Å²) in [6, 6.07) is 0. The lowest BCUT2D eigenvalue weighted by atomic mass is 10.6. The largest absolute Gasteiger partial charge is 0.479 e. The molecular weight excluding hydrogens is 256 g/mol. The lowest BCUT2D eigenvalue weighted by molar-refractivity contribution is -0.147. The van der Waals surface area contributed by atoms with E-state index < -0.39 is 35.0 Å². The summed E-state index contributed by atoms with van der Waals surface area (Å²) >= 11 is 1.01. The number of halogens is 1. The van der Waals surface area contributed by atoms with Crippen molar-refractivity contribution in [1.82, 2.24) is 9.55 Å². The quantitative estimate of drug-likeness (QED) is 0.750. The van der Waals surface area contributed by atoms with Crippen LogP contribution in [-0.2, 0) is 9.53 Å². The third kappa shape index (κ3) is 2.24. The van der Waals surface area contributed by atoms with Gasteiger partial charge < -0.3 is 15.6 Å². The summed E-state index contributed by atoms with van der Waals surface area (Å²) in [5.74, 6) is -2.26. The van der Waals surface area contributed by atoms with Crippen LogP contribution in [-0.4, -0.2) is 31.8 Å². The summed E-state index contributed by atoms with van der Waals surface area (Å²) in [7, 11) is 0. The Morgan fingerprint density at radius 2 is 2.47 bits per heavy atom. The number of nitrogen functional groups attached to an aromatic ring is 1. The van der Waals surface area contributed by atoms with Gasteiger partial charge in [0, 0.05) is 5.75 Å². The number of nitrogens with zero attached hydrogens (tertiary/aromatic N) is 2. The second-order valence-electron chi connectivity index (χ2n) is 3.26. The van der Waals surface area contributed by atoms with E-state index in [0.717, 1.165) is 22.5 Å². The Morgan fingerprint density at radius 1 is 1.76 bits per heavy atom. The maximum atomic E-state index is 13.1. The van der Waals surface area contributed by atoms with Crippen molar-refractivity contribution in [1.29, 1.82) is 0 Å².